The molecule has 6 atom stereocenters. The molecule has 22 heteroatoms. The fourth-order valence-corrected chi connectivity index (χ4v) is 6.73. The van der Waals surface area contributed by atoms with E-state index >= 15 is 0 Å². The van der Waals surface area contributed by atoms with Gasteiger partial charge in [0.25, 0.3) is 5.56 Å². The number of nitrogens with two attached hydrogens (primary N) is 1. The Kier molecular flexibility index (Phi) is 8.03. The van der Waals surface area contributed by atoms with Crippen molar-refractivity contribution in [3.8, 4) is 11.4 Å². The van der Waals surface area contributed by atoms with Crippen molar-refractivity contribution in [3.05, 3.63) is 40.2 Å². The highest BCUT2D eigenvalue weighted by Gasteiger charge is 2.47. The van der Waals surface area contributed by atoms with Crippen molar-refractivity contribution < 1.29 is 61.4 Å². The summed E-state index contributed by atoms with van der Waals surface area (Å²) in [5.41, 5.74) is 6.02. The van der Waals surface area contributed by atoms with E-state index in [9.17, 15) is 38.5 Å². The van der Waals surface area contributed by atoms with Crippen LogP contribution >= 0.6 is 23.5 Å². The molecule has 1 fully saturated rings. The van der Waals surface area contributed by atoms with E-state index in [1.807, 2.05) is 6.92 Å². The minimum Gasteiger partial charge on any atom is -0.387 e. The van der Waals surface area contributed by atoms with Gasteiger partial charge in [-0.05, 0) is 6.92 Å². The molecule has 4 rings (SSSR count). The summed E-state index contributed by atoms with van der Waals surface area (Å²) in [4.78, 5) is 59.3. The SMILES string of the molecule is Cc1ccc(-c2nc3c(=O)[nH]c(N)nc3n2[C@@H]2O[C@H](COP(=O)(O)OP(=O)(O)OP(=O)(O)O)[C@@H](O)[C@H]2O)cc1. The number of aryl methyl sites for hydroxylation is 1. The maximum Gasteiger partial charge on any atom is 0.490 e. The van der Waals surface area contributed by atoms with Gasteiger partial charge in [0.1, 0.15) is 24.1 Å². The van der Waals surface area contributed by atoms with Gasteiger partial charge in [0, 0.05) is 5.56 Å². The van der Waals surface area contributed by atoms with Crippen LogP contribution in [0.15, 0.2) is 29.1 Å². The molecule has 3 aromatic rings. The molecule has 1 aliphatic rings. The van der Waals surface area contributed by atoms with Crippen LogP contribution < -0.4 is 11.3 Å². The van der Waals surface area contributed by atoms with Gasteiger partial charge in [0.05, 0.1) is 6.61 Å². The van der Waals surface area contributed by atoms with E-state index in [4.69, 9.17) is 20.3 Å². The summed E-state index contributed by atoms with van der Waals surface area (Å²) in [5, 5.41) is 21.3. The predicted molar refractivity (Wildman–Crippen MR) is 128 cm³/mol. The van der Waals surface area contributed by atoms with Gasteiger partial charge in [-0.2, -0.15) is 13.6 Å². The van der Waals surface area contributed by atoms with E-state index in [-0.39, 0.29) is 22.9 Å². The molecular formula is C17H22N5O14P3. The topological polar surface area (TPSA) is 299 Å². The smallest absolute Gasteiger partial charge is 0.387 e. The lowest BCUT2D eigenvalue weighted by Gasteiger charge is -2.20. The Labute approximate surface area is 217 Å². The first-order chi connectivity index (χ1) is 18.0. The van der Waals surface area contributed by atoms with Crippen LogP contribution in [-0.4, -0.2) is 74.2 Å². The molecule has 214 valence electrons. The number of rotatable bonds is 9. The monoisotopic (exact) mass is 613 g/mol. The number of imidazole rings is 1. The summed E-state index contributed by atoms with van der Waals surface area (Å²) >= 11 is 0. The number of aliphatic hydroxyl groups excluding tert-OH is 2. The molecule has 9 N–H and O–H groups in total. The highest BCUT2D eigenvalue weighted by molar-refractivity contribution is 7.66. The molecule has 0 aliphatic carbocycles. The van der Waals surface area contributed by atoms with E-state index in [1.54, 1.807) is 24.3 Å². The van der Waals surface area contributed by atoms with Gasteiger partial charge < -0.3 is 40.3 Å². The fourth-order valence-electron chi connectivity index (χ4n) is 3.70. The van der Waals surface area contributed by atoms with Crippen LogP contribution in [0.3, 0.4) is 0 Å². The molecule has 2 unspecified atom stereocenters. The van der Waals surface area contributed by atoms with Gasteiger partial charge in [0.2, 0.25) is 5.95 Å². The highest BCUT2D eigenvalue weighted by Crippen LogP contribution is 2.66. The van der Waals surface area contributed by atoms with Gasteiger partial charge in [-0.15, -0.1) is 0 Å². The van der Waals surface area contributed by atoms with Crippen molar-refractivity contribution in [2.24, 2.45) is 0 Å². The number of phosphoric ester groups is 1. The normalized spacial score (nSPS) is 25.0. The van der Waals surface area contributed by atoms with Gasteiger partial charge in [-0.3, -0.25) is 18.9 Å². The van der Waals surface area contributed by atoms with Crippen LogP contribution in [-0.2, 0) is 31.6 Å². The van der Waals surface area contributed by atoms with Crippen molar-refractivity contribution in [2.75, 3.05) is 12.3 Å². The summed E-state index contributed by atoms with van der Waals surface area (Å²) in [5.74, 6) is -0.209. The number of H-pyrrole nitrogens is 1. The minimum atomic E-state index is -5.78. The molecule has 0 radical (unpaired) electrons. The van der Waals surface area contributed by atoms with Crippen LogP contribution in [0.1, 0.15) is 11.8 Å². The standard InChI is InChI=1S/C17H22N5O14P3/c1-7-2-4-8(5-3-7)13-19-10-14(20-17(18)21-15(10)25)22(13)16-12(24)11(23)9(34-16)6-33-38(29,30)36-39(31,32)35-37(26,27)28/h2-5,9,11-12,16,23-24H,6H2,1H3,(H,29,30)(H,31,32)(H2,26,27,28)(H3,18,20,21,25)/t9-,11-,12-,16-/m1/s1. The largest absolute Gasteiger partial charge is 0.490 e. The van der Waals surface area contributed by atoms with Crippen LogP contribution in [0.25, 0.3) is 22.6 Å². The molecule has 1 aromatic carbocycles. The highest BCUT2D eigenvalue weighted by atomic mass is 31.3. The van der Waals surface area contributed by atoms with E-state index in [2.05, 4.69) is 28.1 Å². The first-order valence-corrected chi connectivity index (χ1v) is 15.1. The lowest BCUT2D eigenvalue weighted by molar-refractivity contribution is -0.0495. The molecule has 3 heterocycles. The fraction of sp³-hybridized carbons (Fsp3) is 0.353. The molecule has 0 amide bonds. The first-order valence-electron chi connectivity index (χ1n) is 10.6. The number of nitrogens with one attached hydrogen (secondary N) is 1. The van der Waals surface area contributed by atoms with Crippen molar-refractivity contribution in [2.45, 2.75) is 31.5 Å². The molecule has 19 nitrogen and oxygen atoms in total. The van der Waals surface area contributed by atoms with Crippen molar-refractivity contribution in [1.82, 2.24) is 19.5 Å². The molecule has 0 spiro atoms. The molecule has 0 saturated carbocycles. The lowest BCUT2D eigenvalue weighted by atomic mass is 10.1. The van der Waals surface area contributed by atoms with E-state index in [1.165, 1.54) is 4.57 Å². The Balaban J connectivity index is 1.63. The Morgan fingerprint density at radius 1 is 1.03 bits per heavy atom. The zero-order valence-electron chi connectivity index (χ0n) is 19.5. The number of hydrogen-bond acceptors (Lipinski definition) is 13. The number of phosphoric acid groups is 3. The van der Waals surface area contributed by atoms with E-state index < -0.39 is 60.2 Å². The van der Waals surface area contributed by atoms with Crippen LogP contribution in [0, 0.1) is 6.92 Å². The maximum absolute atomic E-state index is 12.5. The number of anilines is 1. The minimum absolute atomic E-state index is 0.0818. The third kappa shape index (κ3) is 6.70. The maximum atomic E-state index is 12.5. The lowest BCUT2D eigenvalue weighted by Crippen LogP contribution is -2.33. The summed E-state index contributed by atoms with van der Waals surface area (Å²) in [6.45, 7) is 0.795. The Hall–Kier alpha value is -2.34. The molecule has 0 bridgehead atoms. The zero-order valence-corrected chi connectivity index (χ0v) is 22.2. The summed E-state index contributed by atoms with van der Waals surface area (Å²) in [6.07, 6.45) is -6.66. The third-order valence-corrected chi connectivity index (χ3v) is 9.09. The number of benzene rings is 1. The van der Waals surface area contributed by atoms with Crippen LogP contribution in [0.5, 0.6) is 0 Å². The second-order valence-corrected chi connectivity index (χ2v) is 12.6. The van der Waals surface area contributed by atoms with Gasteiger partial charge in [-0.1, -0.05) is 29.8 Å². The Bertz CT molecular complexity index is 1590. The molecule has 1 aliphatic heterocycles. The third-order valence-electron chi connectivity index (χ3n) is 5.29. The van der Waals surface area contributed by atoms with Crippen molar-refractivity contribution in [1.29, 1.82) is 0 Å². The zero-order chi connectivity index (χ0) is 28.9. The molecular weight excluding hydrogens is 591 g/mol. The second-order valence-electron chi connectivity index (χ2n) is 8.23. The number of aromatic nitrogens is 4. The molecule has 2 aromatic heterocycles. The van der Waals surface area contributed by atoms with Crippen molar-refractivity contribution in [3.63, 3.8) is 0 Å². The first kappa shape index (κ1) is 29.6. The number of nitrogen functional groups attached to an aromatic ring is 1. The second kappa shape index (κ2) is 10.6. The number of hydrogen-bond donors (Lipinski definition) is 8. The quantitative estimate of drug-likeness (QED) is 0.143. The Morgan fingerprint density at radius 3 is 2.28 bits per heavy atom. The average molecular weight is 613 g/mol. The van der Waals surface area contributed by atoms with Gasteiger partial charge in [-0.25, -0.2) is 18.7 Å². The predicted octanol–water partition coefficient (Wildman–Crippen LogP) is -0.360. The van der Waals surface area contributed by atoms with Gasteiger partial charge in [0.15, 0.2) is 17.4 Å². The Morgan fingerprint density at radius 2 is 1.67 bits per heavy atom. The molecule has 39 heavy (non-hydrogen) atoms. The summed E-state index contributed by atoms with van der Waals surface area (Å²) in [7, 11) is -16.9. The number of ether oxygens (including phenoxy) is 1. The van der Waals surface area contributed by atoms with Crippen molar-refractivity contribution >= 4 is 40.6 Å². The summed E-state index contributed by atoms with van der Waals surface area (Å²) in [6, 6.07) is 6.82. The van der Waals surface area contributed by atoms with Gasteiger partial charge >= 0.3 is 23.5 Å². The number of fused-ring (bicyclic) bond motifs is 1. The number of aliphatic hydroxyl groups is 2. The summed E-state index contributed by atoms with van der Waals surface area (Å²) < 4.78 is 52.9. The number of nitrogens with zero attached hydrogens (tertiary/aromatic N) is 3. The van der Waals surface area contributed by atoms with E-state index in [0.29, 0.717) is 5.56 Å². The molecule has 1 saturated heterocycles. The van der Waals surface area contributed by atoms with Crippen LogP contribution in [0.4, 0.5) is 5.95 Å². The number of aromatic amines is 1. The van der Waals surface area contributed by atoms with Crippen LogP contribution in [0.2, 0.25) is 0 Å². The van der Waals surface area contributed by atoms with E-state index in [0.717, 1.165) is 5.56 Å². The average Bonchev–Trinajstić information content (AvgIpc) is 3.28.